The summed E-state index contributed by atoms with van der Waals surface area (Å²) in [5, 5.41) is 0. The molecule has 0 saturated heterocycles. The van der Waals surface area contributed by atoms with Crippen LogP contribution < -0.4 is 0 Å². The maximum absolute atomic E-state index is 5.05. The summed E-state index contributed by atoms with van der Waals surface area (Å²) in [5.74, 6) is 1.11. The highest BCUT2D eigenvalue weighted by Crippen LogP contribution is 1.84. The van der Waals surface area contributed by atoms with Gasteiger partial charge in [0.2, 0.25) is 0 Å². The van der Waals surface area contributed by atoms with Crippen LogP contribution in [0, 0.1) is 0 Å². The minimum Gasteiger partial charge on any atom is -0.223 e. The Morgan fingerprint density at radius 1 is 0.923 bits per heavy atom. The van der Waals surface area contributed by atoms with Gasteiger partial charge in [-0.15, -0.1) is 23.2 Å². The number of aliphatic imine (C=N–C) groups is 2. The Balaban J connectivity index is 0. The van der Waals surface area contributed by atoms with Crippen molar-refractivity contribution in [1.29, 1.82) is 0 Å². The van der Waals surface area contributed by atoms with Crippen LogP contribution in [0.25, 0.3) is 0 Å². The van der Waals surface area contributed by atoms with Gasteiger partial charge in [-0.2, -0.15) is 0 Å². The molecule has 4 heteroatoms. The van der Waals surface area contributed by atoms with E-state index in [-0.39, 0.29) is 0 Å². The Bertz CT molecular complexity index is 136. The van der Waals surface area contributed by atoms with E-state index < -0.39 is 0 Å². The van der Waals surface area contributed by atoms with E-state index in [1.807, 2.05) is 27.7 Å². The Morgan fingerprint density at radius 2 is 1.23 bits per heavy atom. The van der Waals surface area contributed by atoms with Crippen LogP contribution in [0.3, 0.4) is 0 Å². The average Bonchev–Trinajstić information content (AvgIpc) is 2.03. The minimum absolute atomic E-state index is 0.312. The zero-order valence-corrected chi connectivity index (χ0v) is 10.2. The van der Waals surface area contributed by atoms with Crippen LogP contribution in [-0.4, -0.2) is 29.9 Å². The summed E-state index contributed by atoms with van der Waals surface area (Å²) in [7, 11) is 0. The summed E-state index contributed by atoms with van der Waals surface area (Å²) < 4.78 is 0. The fourth-order valence-corrected chi connectivity index (χ4v) is 0.264. The van der Waals surface area contributed by atoms with Crippen LogP contribution in [-0.2, 0) is 0 Å². The van der Waals surface area contributed by atoms with Gasteiger partial charge in [-0.1, -0.05) is 0 Å². The zero-order chi connectivity index (χ0) is 10.7. The van der Waals surface area contributed by atoms with Crippen molar-refractivity contribution < 1.29 is 0 Å². The Hall–Kier alpha value is -0.0400. The highest BCUT2D eigenvalue weighted by atomic mass is 35.5. The van der Waals surface area contributed by atoms with E-state index in [0.717, 1.165) is 0 Å². The van der Waals surface area contributed by atoms with Crippen molar-refractivity contribution in [2.24, 2.45) is 9.98 Å². The molecule has 0 aromatic rings. The molecule has 0 atom stereocenters. The number of alkyl halides is 2. The minimum atomic E-state index is 0.312. The van der Waals surface area contributed by atoms with Gasteiger partial charge < -0.3 is 0 Å². The largest absolute Gasteiger partial charge is 0.223 e. The second-order valence-corrected chi connectivity index (χ2v) is 3.68. The van der Waals surface area contributed by atoms with Gasteiger partial charge in [0.1, 0.15) is 0 Å². The summed E-state index contributed by atoms with van der Waals surface area (Å²) in [6.45, 7) is 8.01. The molecule has 13 heavy (non-hydrogen) atoms. The molecule has 0 aromatic carbocycles. The van der Waals surface area contributed by atoms with Crippen LogP contribution in [0.5, 0.6) is 0 Å². The summed E-state index contributed by atoms with van der Waals surface area (Å²) >= 11 is 10.1. The van der Waals surface area contributed by atoms with E-state index in [2.05, 4.69) is 16.0 Å². The molecule has 0 aliphatic heterocycles. The quantitative estimate of drug-likeness (QED) is 0.519. The summed E-state index contributed by atoms with van der Waals surface area (Å²) in [5.41, 5.74) is 0. The molecular weight excluding hydrogens is 207 g/mol. The smallest absolute Gasteiger partial charge is 0.0897 e. The standard InChI is InChI=1S/C7H14N2.C2H4Cl2/c1-6(2)8-5-9-7(3)4;3-1-2-4/h6-7H,1-4H3;1-2H2. The van der Waals surface area contributed by atoms with E-state index in [9.17, 15) is 0 Å². The molecule has 0 rings (SSSR count). The van der Waals surface area contributed by atoms with Gasteiger partial charge in [-0.05, 0) is 27.7 Å². The van der Waals surface area contributed by atoms with Crippen LogP contribution >= 0.6 is 23.2 Å². The molecule has 0 unspecified atom stereocenters. The zero-order valence-electron chi connectivity index (χ0n) is 8.72. The third-order valence-electron chi connectivity index (χ3n) is 0.703. The fourth-order valence-electron chi connectivity index (χ4n) is 0.264. The summed E-state index contributed by atoms with van der Waals surface area (Å²) in [4.78, 5) is 7.90. The lowest BCUT2D eigenvalue weighted by atomic mass is 10.4. The maximum atomic E-state index is 5.05. The molecule has 0 radical (unpaired) electrons. The average molecular weight is 225 g/mol. The summed E-state index contributed by atoms with van der Waals surface area (Å²) in [6.07, 6.45) is 0. The lowest BCUT2D eigenvalue weighted by molar-refractivity contribution is 0.818. The van der Waals surface area contributed by atoms with Crippen molar-refractivity contribution in [2.75, 3.05) is 11.8 Å². The van der Waals surface area contributed by atoms with E-state index in [1.54, 1.807) is 0 Å². The van der Waals surface area contributed by atoms with Crippen molar-refractivity contribution in [1.82, 2.24) is 0 Å². The molecular formula is C9H18Cl2N2. The molecule has 0 heterocycles. The van der Waals surface area contributed by atoms with Gasteiger partial charge in [0.15, 0.2) is 0 Å². The van der Waals surface area contributed by atoms with Gasteiger partial charge in [-0.25, -0.2) is 9.98 Å². The van der Waals surface area contributed by atoms with Gasteiger partial charge in [0.05, 0.1) is 18.1 Å². The van der Waals surface area contributed by atoms with Crippen molar-refractivity contribution in [2.45, 2.75) is 39.8 Å². The second kappa shape index (κ2) is 12.0. The van der Waals surface area contributed by atoms with Gasteiger partial charge in [-0.3, -0.25) is 0 Å². The molecule has 0 bridgehead atoms. The predicted molar refractivity (Wildman–Crippen MR) is 61.6 cm³/mol. The first-order valence-corrected chi connectivity index (χ1v) is 5.38. The van der Waals surface area contributed by atoms with Crippen molar-refractivity contribution in [3.8, 4) is 0 Å². The molecule has 0 spiro atoms. The molecule has 0 aliphatic rings. The monoisotopic (exact) mass is 224 g/mol. The van der Waals surface area contributed by atoms with E-state index in [1.165, 1.54) is 0 Å². The first-order chi connectivity index (χ1) is 6.04. The first-order valence-electron chi connectivity index (χ1n) is 4.31. The van der Waals surface area contributed by atoms with Gasteiger partial charge in [0.25, 0.3) is 0 Å². The van der Waals surface area contributed by atoms with Gasteiger partial charge >= 0.3 is 0 Å². The summed E-state index contributed by atoms with van der Waals surface area (Å²) in [6, 6.07) is 3.26. The molecule has 0 aromatic heterocycles. The lowest BCUT2D eigenvalue weighted by Crippen LogP contribution is -1.88. The number of rotatable bonds is 3. The second-order valence-electron chi connectivity index (χ2n) is 2.92. The van der Waals surface area contributed by atoms with Crippen LogP contribution in [0.4, 0.5) is 0 Å². The number of nitrogens with zero attached hydrogens (tertiary/aromatic N) is 2. The van der Waals surface area contributed by atoms with Crippen molar-refractivity contribution in [3.05, 3.63) is 0 Å². The van der Waals surface area contributed by atoms with E-state index in [4.69, 9.17) is 23.2 Å². The molecule has 0 fully saturated rings. The Morgan fingerprint density at radius 3 is 1.38 bits per heavy atom. The highest BCUT2D eigenvalue weighted by molar-refractivity contribution is 6.25. The van der Waals surface area contributed by atoms with E-state index >= 15 is 0 Å². The topological polar surface area (TPSA) is 24.7 Å². The maximum Gasteiger partial charge on any atom is 0.0897 e. The molecule has 2 nitrogen and oxygen atoms in total. The molecule has 0 N–H and O–H groups in total. The predicted octanol–water partition coefficient (Wildman–Crippen LogP) is 3.44. The molecule has 0 aliphatic carbocycles. The molecule has 78 valence electrons. The number of hydrogen-bond acceptors (Lipinski definition) is 2. The van der Waals surface area contributed by atoms with Gasteiger partial charge in [0, 0.05) is 11.8 Å². The van der Waals surface area contributed by atoms with Crippen molar-refractivity contribution >= 4 is 29.2 Å². The Kier molecular flexibility index (Phi) is 14.2. The third-order valence-corrected chi connectivity index (χ3v) is 1.27. The normalized spacial score (nSPS) is 8.92. The van der Waals surface area contributed by atoms with Crippen LogP contribution in [0.15, 0.2) is 9.98 Å². The number of hydrogen-bond donors (Lipinski definition) is 0. The molecule has 0 amide bonds. The van der Waals surface area contributed by atoms with E-state index in [0.29, 0.717) is 23.8 Å². The third kappa shape index (κ3) is 24.5. The Labute approximate surface area is 91.1 Å². The highest BCUT2D eigenvalue weighted by Gasteiger charge is 1.82. The lowest BCUT2D eigenvalue weighted by Gasteiger charge is -1.89. The first kappa shape index (κ1) is 15.4. The van der Waals surface area contributed by atoms with Crippen LogP contribution in [0.2, 0.25) is 0 Å². The van der Waals surface area contributed by atoms with Crippen molar-refractivity contribution in [3.63, 3.8) is 0 Å². The fraction of sp³-hybridized carbons (Fsp3) is 0.889. The molecule has 0 saturated carbocycles. The SMILES string of the molecule is CC(C)N=C=NC(C)C.ClCCCl. The number of halogens is 2. The van der Waals surface area contributed by atoms with Crippen LogP contribution in [0.1, 0.15) is 27.7 Å².